The van der Waals surface area contributed by atoms with Gasteiger partial charge in [0.2, 0.25) is 0 Å². The molecule has 0 rings (SSSR count). The van der Waals surface area contributed by atoms with E-state index in [1.54, 1.807) is 6.08 Å². The van der Waals surface area contributed by atoms with E-state index in [0.29, 0.717) is 10.9 Å². The van der Waals surface area contributed by atoms with Gasteiger partial charge in [0.15, 0.2) is 0 Å². The molecule has 0 aliphatic carbocycles. The zero-order valence-corrected chi connectivity index (χ0v) is 6.06. The molecule has 3 heteroatoms. The van der Waals surface area contributed by atoms with Crippen LogP contribution in [0.1, 0.15) is 0 Å². The van der Waals surface area contributed by atoms with Crippen LogP contribution >= 0.6 is 15.9 Å². The lowest BCUT2D eigenvalue weighted by Gasteiger charge is -1.93. The van der Waals surface area contributed by atoms with Crippen LogP contribution < -0.4 is 0 Å². The van der Waals surface area contributed by atoms with Crippen LogP contribution in [0.3, 0.4) is 0 Å². The van der Waals surface area contributed by atoms with Crippen molar-refractivity contribution in [1.29, 1.82) is 0 Å². The standard InChI is InChI=1S/C5H9BrO2/c6-2-1-5(3-7)4-8/h1,7-8H,2-4H2. The summed E-state index contributed by atoms with van der Waals surface area (Å²) in [5, 5.41) is 17.5. The number of aliphatic hydroxyl groups is 2. The predicted molar refractivity (Wildman–Crippen MR) is 36.0 cm³/mol. The molecule has 0 radical (unpaired) electrons. The Morgan fingerprint density at radius 2 is 1.88 bits per heavy atom. The Morgan fingerprint density at radius 1 is 1.38 bits per heavy atom. The third kappa shape index (κ3) is 3.18. The van der Waals surface area contributed by atoms with E-state index in [4.69, 9.17) is 10.2 Å². The summed E-state index contributed by atoms with van der Waals surface area (Å²) < 4.78 is 0. The highest BCUT2D eigenvalue weighted by atomic mass is 79.9. The molecule has 0 aliphatic heterocycles. The maximum absolute atomic E-state index is 8.41. The minimum Gasteiger partial charge on any atom is -0.392 e. The Morgan fingerprint density at radius 3 is 2.00 bits per heavy atom. The van der Waals surface area contributed by atoms with Crippen molar-refractivity contribution in [3.05, 3.63) is 11.6 Å². The molecule has 0 amide bonds. The number of allylic oxidation sites excluding steroid dienone is 1. The molecule has 2 N–H and O–H groups in total. The van der Waals surface area contributed by atoms with Gasteiger partial charge in [-0.05, 0) is 5.57 Å². The fourth-order valence-corrected chi connectivity index (χ4v) is 0.746. The van der Waals surface area contributed by atoms with Gasteiger partial charge in [0, 0.05) is 5.33 Å². The SMILES string of the molecule is OCC(=CCBr)CO. The van der Waals surface area contributed by atoms with Gasteiger partial charge in [-0.1, -0.05) is 22.0 Å². The molecular formula is C5H9BrO2. The molecule has 0 aromatic rings. The predicted octanol–water partition coefficient (Wildman–Crippen LogP) is 0.292. The minimum absolute atomic E-state index is 0.0535. The zero-order valence-electron chi connectivity index (χ0n) is 4.47. The largest absolute Gasteiger partial charge is 0.392 e. The van der Waals surface area contributed by atoms with E-state index in [2.05, 4.69) is 15.9 Å². The zero-order chi connectivity index (χ0) is 6.41. The smallest absolute Gasteiger partial charge is 0.0664 e. The van der Waals surface area contributed by atoms with Crippen molar-refractivity contribution >= 4 is 15.9 Å². The first-order valence-corrected chi connectivity index (χ1v) is 3.43. The average Bonchev–Trinajstić information content (AvgIpc) is 1.83. The summed E-state index contributed by atoms with van der Waals surface area (Å²) in [5.74, 6) is 0. The van der Waals surface area contributed by atoms with E-state index in [0.717, 1.165) is 0 Å². The summed E-state index contributed by atoms with van der Waals surface area (Å²) >= 11 is 3.13. The fraction of sp³-hybridized carbons (Fsp3) is 0.600. The van der Waals surface area contributed by atoms with E-state index in [1.165, 1.54) is 0 Å². The molecule has 0 aromatic carbocycles. The van der Waals surface area contributed by atoms with Crippen molar-refractivity contribution in [2.45, 2.75) is 0 Å². The summed E-state index contributed by atoms with van der Waals surface area (Å²) in [7, 11) is 0. The lowest BCUT2D eigenvalue weighted by atomic mass is 10.3. The molecule has 0 fully saturated rings. The summed E-state index contributed by atoms with van der Waals surface area (Å²) in [5.41, 5.74) is 0.655. The number of hydrogen-bond donors (Lipinski definition) is 2. The van der Waals surface area contributed by atoms with Crippen LogP contribution in [0.15, 0.2) is 11.6 Å². The van der Waals surface area contributed by atoms with Crippen molar-refractivity contribution in [1.82, 2.24) is 0 Å². The molecule has 0 bridgehead atoms. The summed E-state index contributed by atoms with van der Waals surface area (Å²) in [6.45, 7) is -0.107. The van der Waals surface area contributed by atoms with Crippen molar-refractivity contribution in [3.8, 4) is 0 Å². The number of rotatable bonds is 3. The molecule has 0 saturated heterocycles. The van der Waals surface area contributed by atoms with Crippen molar-refractivity contribution in [2.75, 3.05) is 18.5 Å². The second kappa shape index (κ2) is 5.28. The third-order valence-electron chi connectivity index (χ3n) is 0.772. The van der Waals surface area contributed by atoms with Crippen LogP contribution in [0.4, 0.5) is 0 Å². The van der Waals surface area contributed by atoms with E-state index in [9.17, 15) is 0 Å². The molecule has 0 heterocycles. The summed E-state index contributed by atoms with van der Waals surface area (Å²) in [6.07, 6.45) is 1.74. The van der Waals surface area contributed by atoms with E-state index >= 15 is 0 Å². The normalized spacial score (nSPS) is 8.88. The topological polar surface area (TPSA) is 40.5 Å². The van der Waals surface area contributed by atoms with Crippen LogP contribution in [-0.2, 0) is 0 Å². The van der Waals surface area contributed by atoms with Gasteiger partial charge in [-0.2, -0.15) is 0 Å². The molecule has 8 heavy (non-hydrogen) atoms. The van der Waals surface area contributed by atoms with Crippen LogP contribution in [0, 0.1) is 0 Å². The minimum atomic E-state index is -0.0535. The Kier molecular flexibility index (Phi) is 5.37. The van der Waals surface area contributed by atoms with Crippen LogP contribution in [-0.4, -0.2) is 28.8 Å². The van der Waals surface area contributed by atoms with Gasteiger partial charge in [-0.15, -0.1) is 0 Å². The molecule has 0 unspecified atom stereocenters. The van der Waals surface area contributed by atoms with Gasteiger partial charge in [0.1, 0.15) is 0 Å². The van der Waals surface area contributed by atoms with Gasteiger partial charge >= 0.3 is 0 Å². The van der Waals surface area contributed by atoms with E-state index < -0.39 is 0 Å². The van der Waals surface area contributed by atoms with E-state index in [-0.39, 0.29) is 13.2 Å². The monoisotopic (exact) mass is 180 g/mol. The van der Waals surface area contributed by atoms with Gasteiger partial charge in [0.05, 0.1) is 13.2 Å². The number of halogens is 1. The van der Waals surface area contributed by atoms with Crippen LogP contribution in [0.2, 0.25) is 0 Å². The first-order chi connectivity index (χ1) is 3.85. The maximum Gasteiger partial charge on any atom is 0.0664 e. The molecular weight excluding hydrogens is 172 g/mol. The Balaban J connectivity index is 3.49. The maximum atomic E-state index is 8.41. The van der Waals surface area contributed by atoms with Gasteiger partial charge < -0.3 is 10.2 Å². The molecule has 48 valence electrons. The average molecular weight is 181 g/mol. The second-order valence-electron chi connectivity index (χ2n) is 1.33. The van der Waals surface area contributed by atoms with Gasteiger partial charge in [-0.25, -0.2) is 0 Å². The van der Waals surface area contributed by atoms with Crippen molar-refractivity contribution in [3.63, 3.8) is 0 Å². The first kappa shape index (κ1) is 8.14. The molecule has 0 aliphatic rings. The molecule has 0 atom stereocenters. The molecule has 0 aromatic heterocycles. The number of hydrogen-bond acceptors (Lipinski definition) is 2. The van der Waals surface area contributed by atoms with Gasteiger partial charge in [0.25, 0.3) is 0 Å². The fourth-order valence-electron chi connectivity index (χ4n) is 0.288. The van der Waals surface area contributed by atoms with E-state index in [1.807, 2.05) is 0 Å². The second-order valence-corrected chi connectivity index (χ2v) is 1.98. The van der Waals surface area contributed by atoms with Crippen molar-refractivity contribution < 1.29 is 10.2 Å². The molecule has 2 nitrogen and oxygen atoms in total. The molecule has 0 saturated carbocycles. The number of alkyl halides is 1. The lowest BCUT2D eigenvalue weighted by molar-refractivity contribution is 0.276. The first-order valence-electron chi connectivity index (χ1n) is 2.30. The number of aliphatic hydroxyl groups excluding tert-OH is 2. The Labute approximate surface area is 57.0 Å². The summed E-state index contributed by atoms with van der Waals surface area (Å²) in [6, 6.07) is 0. The van der Waals surface area contributed by atoms with Gasteiger partial charge in [-0.3, -0.25) is 0 Å². The lowest BCUT2D eigenvalue weighted by Crippen LogP contribution is -1.95. The van der Waals surface area contributed by atoms with Crippen molar-refractivity contribution in [2.24, 2.45) is 0 Å². The van der Waals surface area contributed by atoms with Crippen LogP contribution in [0.25, 0.3) is 0 Å². The Bertz CT molecular complexity index is 74.5. The Hall–Kier alpha value is 0.140. The summed E-state index contributed by atoms with van der Waals surface area (Å²) in [4.78, 5) is 0. The highest BCUT2D eigenvalue weighted by molar-refractivity contribution is 9.09. The third-order valence-corrected chi connectivity index (χ3v) is 1.10. The van der Waals surface area contributed by atoms with Crippen LogP contribution in [0.5, 0.6) is 0 Å². The highest BCUT2D eigenvalue weighted by Gasteiger charge is 1.87. The quantitative estimate of drug-likeness (QED) is 0.485. The highest BCUT2D eigenvalue weighted by Crippen LogP contribution is 1.92. The molecule has 0 spiro atoms.